The Hall–Kier alpha value is -2.96. The molecule has 0 bridgehead atoms. The molecule has 0 N–H and O–H groups in total. The van der Waals surface area contributed by atoms with Crippen molar-refractivity contribution < 1.29 is 18.4 Å². The first-order valence-corrected chi connectivity index (χ1v) is 7.52. The number of alkyl halides is 1. The summed E-state index contributed by atoms with van der Waals surface area (Å²) >= 11 is 0. The molecule has 0 atom stereocenters. The lowest BCUT2D eigenvalue weighted by molar-refractivity contribution is 0.251. The van der Waals surface area contributed by atoms with Gasteiger partial charge >= 0.3 is 0 Å². The predicted octanol–water partition coefficient (Wildman–Crippen LogP) is 3.55. The normalized spacial score (nSPS) is 10.6. The van der Waals surface area contributed by atoms with E-state index in [9.17, 15) is 4.39 Å². The molecule has 3 aromatic rings. The van der Waals surface area contributed by atoms with E-state index in [2.05, 4.69) is 15.1 Å². The van der Waals surface area contributed by atoms with Gasteiger partial charge in [0.1, 0.15) is 13.3 Å². The molecule has 0 saturated heterocycles. The molecule has 0 fully saturated rings. The summed E-state index contributed by atoms with van der Waals surface area (Å²) in [6, 6.07) is 8.80. The van der Waals surface area contributed by atoms with E-state index in [1.807, 2.05) is 6.92 Å². The van der Waals surface area contributed by atoms with E-state index in [1.165, 1.54) is 0 Å². The van der Waals surface area contributed by atoms with Crippen LogP contribution >= 0.6 is 0 Å². The van der Waals surface area contributed by atoms with Crippen LogP contribution in [0.15, 0.2) is 47.2 Å². The van der Waals surface area contributed by atoms with Crippen molar-refractivity contribution in [2.45, 2.75) is 6.92 Å². The van der Waals surface area contributed by atoms with Crippen LogP contribution in [0.3, 0.4) is 0 Å². The van der Waals surface area contributed by atoms with E-state index < -0.39 is 6.67 Å². The zero-order chi connectivity index (χ0) is 16.8. The summed E-state index contributed by atoms with van der Waals surface area (Å²) in [7, 11) is 0. The molecule has 0 aliphatic carbocycles. The molecule has 0 unspecified atom stereocenters. The summed E-state index contributed by atoms with van der Waals surface area (Å²) in [5, 5.41) is 3.97. The van der Waals surface area contributed by atoms with Gasteiger partial charge in [-0.3, -0.25) is 4.98 Å². The number of aromatic nitrogens is 3. The van der Waals surface area contributed by atoms with Crippen molar-refractivity contribution >= 4 is 0 Å². The molecular weight excluding hydrogens is 313 g/mol. The highest BCUT2D eigenvalue weighted by Gasteiger charge is 2.14. The van der Waals surface area contributed by atoms with Crippen LogP contribution in [0, 0.1) is 0 Å². The average molecular weight is 329 g/mol. The van der Waals surface area contributed by atoms with Crippen LogP contribution in [-0.4, -0.2) is 35.0 Å². The Kier molecular flexibility index (Phi) is 5.00. The zero-order valence-electron chi connectivity index (χ0n) is 13.1. The molecular formula is C17H16FN3O3. The van der Waals surface area contributed by atoms with Gasteiger partial charge in [-0.05, 0) is 37.3 Å². The standard InChI is InChI=1S/C17H16FN3O3/c1-2-22-15-11-13(3-4-14(15)23-10-7-18)17-20-16(21-24-17)12-5-8-19-9-6-12/h3-6,8-9,11H,2,7,10H2,1H3. The first-order valence-electron chi connectivity index (χ1n) is 7.52. The van der Waals surface area contributed by atoms with Crippen molar-refractivity contribution in [3.8, 4) is 34.3 Å². The van der Waals surface area contributed by atoms with E-state index >= 15 is 0 Å². The lowest BCUT2D eigenvalue weighted by Gasteiger charge is -2.11. The molecule has 3 rings (SSSR count). The third-order valence-corrected chi connectivity index (χ3v) is 3.19. The van der Waals surface area contributed by atoms with Crippen LogP contribution < -0.4 is 9.47 Å². The molecule has 124 valence electrons. The number of pyridine rings is 1. The summed E-state index contributed by atoms with van der Waals surface area (Å²) < 4.78 is 28.5. The summed E-state index contributed by atoms with van der Waals surface area (Å²) in [6.45, 7) is 1.74. The largest absolute Gasteiger partial charge is 0.490 e. The fraction of sp³-hybridized carbons (Fsp3) is 0.235. The highest BCUT2D eigenvalue weighted by atomic mass is 19.1. The minimum Gasteiger partial charge on any atom is -0.490 e. The van der Waals surface area contributed by atoms with Crippen molar-refractivity contribution in [1.29, 1.82) is 0 Å². The Morgan fingerprint density at radius 2 is 1.88 bits per heavy atom. The number of halogens is 1. The molecule has 0 aliphatic heterocycles. The molecule has 2 aromatic heterocycles. The third kappa shape index (κ3) is 3.51. The smallest absolute Gasteiger partial charge is 0.258 e. The fourth-order valence-electron chi connectivity index (χ4n) is 2.14. The van der Waals surface area contributed by atoms with E-state index in [0.717, 1.165) is 5.56 Å². The second kappa shape index (κ2) is 7.54. The Bertz CT molecular complexity index is 793. The van der Waals surface area contributed by atoms with E-state index in [1.54, 1.807) is 42.7 Å². The van der Waals surface area contributed by atoms with Gasteiger partial charge in [0, 0.05) is 23.5 Å². The lowest BCUT2D eigenvalue weighted by atomic mass is 10.2. The van der Waals surface area contributed by atoms with Crippen LogP contribution in [0.5, 0.6) is 11.5 Å². The minimum absolute atomic E-state index is 0.0217. The number of hydrogen-bond acceptors (Lipinski definition) is 6. The van der Waals surface area contributed by atoms with Crippen molar-refractivity contribution in [3.05, 3.63) is 42.7 Å². The summed E-state index contributed by atoms with van der Waals surface area (Å²) in [4.78, 5) is 8.34. The van der Waals surface area contributed by atoms with Gasteiger partial charge in [-0.1, -0.05) is 5.16 Å². The van der Waals surface area contributed by atoms with Crippen LogP contribution in [-0.2, 0) is 0 Å². The molecule has 0 amide bonds. The van der Waals surface area contributed by atoms with Gasteiger partial charge in [0.25, 0.3) is 5.89 Å². The second-order valence-corrected chi connectivity index (χ2v) is 4.79. The molecule has 6 nitrogen and oxygen atoms in total. The molecule has 24 heavy (non-hydrogen) atoms. The van der Waals surface area contributed by atoms with E-state index in [-0.39, 0.29) is 6.61 Å². The molecule has 0 spiro atoms. The molecule has 0 aliphatic rings. The van der Waals surface area contributed by atoms with Crippen LogP contribution in [0.4, 0.5) is 4.39 Å². The third-order valence-electron chi connectivity index (χ3n) is 3.19. The van der Waals surface area contributed by atoms with Gasteiger partial charge < -0.3 is 14.0 Å². The molecule has 2 heterocycles. The Balaban J connectivity index is 1.89. The van der Waals surface area contributed by atoms with Gasteiger partial charge in [0.15, 0.2) is 11.5 Å². The number of hydrogen-bond donors (Lipinski definition) is 0. The van der Waals surface area contributed by atoms with Gasteiger partial charge in [0.2, 0.25) is 5.82 Å². The number of benzene rings is 1. The number of ether oxygens (including phenoxy) is 2. The summed E-state index contributed by atoms with van der Waals surface area (Å²) in [5.74, 6) is 1.82. The minimum atomic E-state index is -0.563. The number of rotatable bonds is 7. The van der Waals surface area contributed by atoms with Crippen molar-refractivity contribution in [1.82, 2.24) is 15.1 Å². The summed E-state index contributed by atoms with van der Waals surface area (Å²) in [6.07, 6.45) is 3.32. The quantitative estimate of drug-likeness (QED) is 0.660. The highest BCUT2D eigenvalue weighted by molar-refractivity contribution is 5.62. The SMILES string of the molecule is CCOc1cc(-c2nc(-c3ccncc3)no2)ccc1OCCF. The monoisotopic (exact) mass is 329 g/mol. The Morgan fingerprint density at radius 1 is 1.04 bits per heavy atom. The van der Waals surface area contributed by atoms with Crippen LogP contribution in [0.25, 0.3) is 22.8 Å². The van der Waals surface area contributed by atoms with Crippen molar-refractivity contribution in [2.75, 3.05) is 19.9 Å². The summed E-state index contributed by atoms with van der Waals surface area (Å²) in [5.41, 5.74) is 1.51. The number of nitrogens with zero attached hydrogens (tertiary/aromatic N) is 3. The first-order chi connectivity index (χ1) is 11.8. The topological polar surface area (TPSA) is 70.3 Å². The van der Waals surface area contributed by atoms with E-state index in [0.29, 0.717) is 35.4 Å². The van der Waals surface area contributed by atoms with E-state index in [4.69, 9.17) is 14.0 Å². The predicted molar refractivity (Wildman–Crippen MR) is 85.6 cm³/mol. The molecule has 0 radical (unpaired) electrons. The van der Waals surface area contributed by atoms with Gasteiger partial charge in [-0.25, -0.2) is 4.39 Å². The maximum atomic E-state index is 12.3. The van der Waals surface area contributed by atoms with Crippen molar-refractivity contribution in [3.63, 3.8) is 0 Å². The fourth-order valence-corrected chi connectivity index (χ4v) is 2.14. The average Bonchev–Trinajstić information content (AvgIpc) is 3.12. The molecule has 1 aromatic carbocycles. The highest BCUT2D eigenvalue weighted by Crippen LogP contribution is 2.33. The lowest BCUT2D eigenvalue weighted by Crippen LogP contribution is -2.02. The van der Waals surface area contributed by atoms with Crippen molar-refractivity contribution in [2.24, 2.45) is 0 Å². The maximum Gasteiger partial charge on any atom is 0.258 e. The van der Waals surface area contributed by atoms with Gasteiger partial charge in [0.05, 0.1) is 6.61 Å². The van der Waals surface area contributed by atoms with Gasteiger partial charge in [-0.2, -0.15) is 4.98 Å². The van der Waals surface area contributed by atoms with Gasteiger partial charge in [-0.15, -0.1) is 0 Å². The Morgan fingerprint density at radius 3 is 2.62 bits per heavy atom. The molecule has 7 heteroatoms. The zero-order valence-corrected chi connectivity index (χ0v) is 13.1. The maximum absolute atomic E-state index is 12.3. The second-order valence-electron chi connectivity index (χ2n) is 4.79. The van der Waals surface area contributed by atoms with Crippen LogP contribution in [0.1, 0.15) is 6.92 Å². The first kappa shape index (κ1) is 15.9. The molecule has 0 saturated carbocycles. The Labute approximate surface area is 138 Å². The van der Waals surface area contributed by atoms with Crippen LogP contribution in [0.2, 0.25) is 0 Å².